The van der Waals surface area contributed by atoms with E-state index in [-0.39, 0.29) is 35.5 Å². The largest absolute Gasteiger partial charge is 0.493 e. The Labute approximate surface area is 157 Å². The van der Waals surface area contributed by atoms with Crippen molar-refractivity contribution in [3.8, 4) is 17.2 Å². The van der Waals surface area contributed by atoms with E-state index in [4.69, 9.17) is 14.2 Å². The quantitative estimate of drug-likeness (QED) is 0.803. The number of rotatable bonds is 5. The minimum Gasteiger partial charge on any atom is -0.493 e. The highest BCUT2D eigenvalue weighted by Crippen LogP contribution is 2.60. The zero-order valence-electron chi connectivity index (χ0n) is 15.6. The van der Waals surface area contributed by atoms with Crippen molar-refractivity contribution in [3.63, 3.8) is 0 Å². The molecule has 1 saturated heterocycles. The number of carbonyl (C=O) groups is 2. The van der Waals surface area contributed by atoms with Crippen molar-refractivity contribution in [1.82, 2.24) is 10.2 Å². The minimum atomic E-state index is -0.387. The van der Waals surface area contributed by atoms with Gasteiger partial charge in [-0.25, -0.2) is 4.79 Å². The number of hydrogen-bond donors (Lipinski definition) is 1. The molecule has 2 aliphatic heterocycles. The molecule has 5 rings (SSSR count). The van der Waals surface area contributed by atoms with Crippen LogP contribution in [0.5, 0.6) is 17.2 Å². The van der Waals surface area contributed by atoms with Gasteiger partial charge in [0.05, 0.1) is 13.7 Å². The maximum Gasteiger partial charge on any atom is 0.325 e. The molecule has 7 heteroatoms. The lowest BCUT2D eigenvalue weighted by Crippen LogP contribution is -2.52. The van der Waals surface area contributed by atoms with E-state index < -0.39 is 0 Å². The van der Waals surface area contributed by atoms with Crippen LogP contribution in [0.25, 0.3) is 0 Å². The lowest BCUT2D eigenvalue weighted by Gasteiger charge is -2.39. The standard InChI is InChI=1S/C20H24N2O5/c1-3-13-18(23)22(19(24)21-13)11-8-12(9-11)27-17-15(25-2)5-4-14-16(17)20(6-7-20)10-26-14/h4-5,11-13H,3,6-10H2,1-2H3,(H,21,24)/t11?,12?,13-/m1/s1. The Hall–Kier alpha value is -2.44. The first-order valence-corrected chi connectivity index (χ1v) is 9.71. The zero-order chi connectivity index (χ0) is 18.8. The maximum atomic E-state index is 12.4. The fourth-order valence-electron chi connectivity index (χ4n) is 4.46. The molecule has 1 spiro atoms. The number of ether oxygens (including phenoxy) is 3. The summed E-state index contributed by atoms with van der Waals surface area (Å²) < 4.78 is 17.7. The third kappa shape index (κ3) is 2.40. The molecule has 4 aliphatic rings. The molecule has 7 nitrogen and oxygen atoms in total. The van der Waals surface area contributed by atoms with Crippen LogP contribution in [0.1, 0.15) is 44.6 Å². The lowest BCUT2D eigenvalue weighted by molar-refractivity contribution is -0.131. The monoisotopic (exact) mass is 372 g/mol. The van der Waals surface area contributed by atoms with E-state index in [9.17, 15) is 9.59 Å². The Balaban J connectivity index is 1.32. The van der Waals surface area contributed by atoms with Gasteiger partial charge in [0, 0.05) is 29.9 Å². The lowest BCUT2D eigenvalue weighted by atomic mass is 9.87. The molecule has 1 N–H and O–H groups in total. The molecule has 2 heterocycles. The molecule has 3 fully saturated rings. The number of urea groups is 1. The average Bonchev–Trinajstić information content (AvgIpc) is 3.24. The molecule has 2 aliphatic carbocycles. The summed E-state index contributed by atoms with van der Waals surface area (Å²) in [5, 5.41) is 2.75. The van der Waals surface area contributed by atoms with Gasteiger partial charge in [-0.3, -0.25) is 9.69 Å². The SMILES string of the molecule is CC[C@H]1NC(=O)N(C2CC(Oc3c(OC)ccc4c3C3(CC3)CO4)C2)C1=O. The summed E-state index contributed by atoms with van der Waals surface area (Å²) in [6, 6.07) is 3.08. The van der Waals surface area contributed by atoms with Crippen LogP contribution in [0.2, 0.25) is 0 Å². The van der Waals surface area contributed by atoms with Gasteiger partial charge in [-0.05, 0) is 31.4 Å². The maximum absolute atomic E-state index is 12.4. The highest BCUT2D eigenvalue weighted by molar-refractivity contribution is 6.04. The van der Waals surface area contributed by atoms with Gasteiger partial charge >= 0.3 is 6.03 Å². The second-order valence-electron chi connectivity index (χ2n) is 8.02. The van der Waals surface area contributed by atoms with Crippen LogP contribution in [0.4, 0.5) is 4.79 Å². The normalized spacial score (nSPS) is 29.9. The second-order valence-corrected chi connectivity index (χ2v) is 8.02. The summed E-state index contributed by atoms with van der Waals surface area (Å²) >= 11 is 0. The van der Waals surface area contributed by atoms with E-state index in [0.717, 1.165) is 35.7 Å². The van der Waals surface area contributed by atoms with E-state index in [1.807, 2.05) is 19.1 Å². The number of imide groups is 1. The van der Waals surface area contributed by atoms with Gasteiger partial charge in [0.1, 0.15) is 17.9 Å². The number of nitrogens with zero attached hydrogens (tertiary/aromatic N) is 1. The van der Waals surface area contributed by atoms with Crippen LogP contribution in [0, 0.1) is 0 Å². The minimum absolute atomic E-state index is 0.0342. The van der Waals surface area contributed by atoms with Gasteiger partial charge in [0.15, 0.2) is 11.5 Å². The molecule has 0 radical (unpaired) electrons. The Morgan fingerprint density at radius 2 is 2.07 bits per heavy atom. The van der Waals surface area contributed by atoms with Gasteiger partial charge < -0.3 is 19.5 Å². The van der Waals surface area contributed by atoms with E-state index in [1.165, 1.54) is 4.90 Å². The van der Waals surface area contributed by atoms with E-state index in [1.54, 1.807) is 7.11 Å². The molecule has 0 aromatic heterocycles. The van der Waals surface area contributed by atoms with Gasteiger partial charge in [0.2, 0.25) is 0 Å². The Kier molecular flexibility index (Phi) is 3.58. The van der Waals surface area contributed by atoms with Crippen LogP contribution < -0.4 is 19.5 Å². The predicted molar refractivity (Wildman–Crippen MR) is 96.3 cm³/mol. The van der Waals surface area contributed by atoms with Gasteiger partial charge in [-0.1, -0.05) is 6.92 Å². The van der Waals surface area contributed by atoms with Crippen LogP contribution >= 0.6 is 0 Å². The fraction of sp³-hybridized carbons (Fsp3) is 0.600. The number of methoxy groups -OCH3 is 1. The molecule has 0 bridgehead atoms. The van der Waals surface area contributed by atoms with Crippen LogP contribution in [-0.4, -0.2) is 48.7 Å². The topological polar surface area (TPSA) is 77.1 Å². The molecule has 1 aromatic carbocycles. The summed E-state index contributed by atoms with van der Waals surface area (Å²) in [6.45, 7) is 2.61. The van der Waals surface area contributed by atoms with Crippen molar-refractivity contribution >= 4 is 11.9 Å². The van der Waals surface area contributed by atoms with Crippen molar-refractivity contribution < 1.29 is 23.8 Å². The first-order valence-electron chi connectivity index (χ1n) is 9.71. The molecule has 144 valence electrons. The summed E-state index contributed by atoms with van der Waals surface area (Å²) in [7, 11) is 1.64. The smallest absolute Gasteiger partial charge is 0.325 e. The van der Waals surface area contributed by atoms with Crippen LogP contribution in [0.15, 0.2) is 12.1 Å². The summed E-state index contributed by atoms with van der Waals surface area (Å²) in [4.78, 5) is 25.9. The molecule has 3 amide bonds. The summed E-state index contributed by atoms with van der Waals surface area (Å²) in [5.41, 5.74) is 1.22. The number of amides is 3. The summed E-state index contributed by atoms with van der Waals surface area (Å²) in [6.07, 6.45) is 4.10. The molecule has 1 atom stereocenters. The number of carbonyl (C=O) groups excluding carboxylic acids is 2. The zero-order valence-corrected chi connectivity index (χ0v) is 15.6. The van der Waals surface area contributed by atoms with E-state index >= 15 is 0 Å². The van der Waals surface area contributed by atoms with Crippen molar-refractivity contribution in [2.75, 3.05) is 13.7 Å². The van der Waals surface area contributed by atoms with Crippen molar-refractivity contribution in [3.05, 3.63) is 17.7 Å². The van der Waals surface area contributed by atoms with Crippen LogP contribution in [0.3, 0.4) is 0 Å². The van der Waals surface area contributed by atoms with Crippen molar-refractivity contribution in [1.29, 1.82) is 0 Å². The highest BCUT2D eigenvalue weighted by atomic mass is 16.5. The Morgan fingerprint density at radius 3 is 2.70 bits per heavy atom. The average molecular weight is 372 g/mol. The van der Waals surface area contributed by atoms with Crippen molar-refractivity contribution in [2.24, 2.45) is 0 Å². The molecule has 27 heavy (non-hydrogen) atoms. The molecular weight excluding hydrogens is 348 g/mol. The summed E-state index contributed by atoms with van der Waals surface area (Å²) in [5.74, 6) is 2.26. The van der Waals surface area contributed by atoms with Crippen molar-refractivity contribution in [2.45, 2.75) is 62.6 Å². The number of nitrogens with one attached hydrogen (secondary N) is 1. The van der Waals surface area contributed by atoms with E-state index in [2.05, 4.69) is 5.32 Å². The van der Waals surface area contributed by atoms with E-state index in [0.29, 0.717) is 25.9 Å². The fourth-order valence-corrected chi connectivity index (χ4v) is 4.46. The molecular formula is C20H24N2O5. The first kappa shape index (κ1) is 16.7. The third-order valence-electron chi connectivity index (χ3n) is 6.37. The third-order valence-corrected chi connectivity index (χ3v) is 6.37. The number of hydrogen-bond acceptors (Lipinski definition) is 5. The Morgan fingerprint density at radius 1 is 1.30 bits per heavy atom. The molecule has 1 aromatic rings. The molecule has 0 unspecified atom stereocenters. The highest BCUT2D eigenvalue weighted by Gasteiger charge is 2.54. The predicted octanol–water partition coefficient (Wildman–Crippen LogP) is 2.36. The van der Waals surface area contributed by atoms with Crippen LogP contribution in [-0.2, 0) is 10.2 Å². The number of fused-ring (bicyclic) bond motifs is 2. The Bertz CT molecular complexity index is 813. The number of benzene rings is 1. The van der Waals surface area contributed by atoms with Gasteiger partial charge in [-0.15, -0.1) is 0 Å². The second kappa shape index (κ2) is 5.78. The molecule has 2 saturated carbocycles. The first-order chi connectivity index (χ1) is 13.1. The van der Waals surface area contributed by atoms with Gasteiger partial charge in [-0.2, -0.15) is 0 Å². The van der Waals surface area contributed by atoms with Gasteiger partial charge in [0.25, 0.3) is 5.91 Å².